The van der Waals surface area contributed by atoms with Crippen molar-refractivity contribution in [1.82, 2.24) is 9.80 Å². The van der Waals surface area contributed by atoms with Crippen molar-refractivity contribution in [2.45, 2.75) is 30.9 Å². The van der Waals surface area contributed by atoms with Crippen molar-refractivity contribution in [1.29, 1.82) is 0 Å². The maximum Gasteiger partial charge on any atom is 0.288 e. The summed E-state index contributed by atoms with van der Waals surface area (Å²) in [5, 5.41) is 0. The number of halogens is 2. The molecule has 2 atom stereocenters. The van der Waals surface area contributed by atoms with E-state index in [1.165, 1.54) is 17.7 Å². The van der Waals surface area contributed by atoms with Gasteiger partial charge in [0.15, 0.2) is 0 Å². The fourth-order valence-electron chi connectivity index (χ4n) is 5.88. The maximum atomic E-state index is 14.1. The Labute approximate surface area is 175 Å². The summed E-state index contributed by atoms with van der Waals surface area (Å²) in [5.41, 5.74) is 2.64. The Morgan fingerprint density at radius 1 is 1.00 bits per heavy atom. The molecule has 4 nitrogen and oxygen atoms in total. The lowest BCUT2D eigenvalue weighted by Gasteiger charge is -2.50. The van der Waals surface area contributed by atoms with Crippen LogP contribution in [0.1, 0.15) is 35.6 Å². The molecule has 3 fully saturated rings. The first-order valence-electron chi connectivity index (χ1n) is 10.9. The van der Waals surface area contributed by atoms with E-state index in [4.69, 9.17) is 9.73 Å². The van der Waals surface area contributed by atoms with Crippen LogP contribution in [0.2, 0.25) is 0 Å². The molecule has 5 aliphatic rings. The summed E-state index contributed by atoms with van der Waals surface area (Å²) < 4.78 is 34.9. The number of benzene rings is 2. The third kappa shape index (κ3) is 2.84. The topological polar surface area (TPSA) is 28.1 Å². The van der Waals surface area contributed by atoms with Crippen molar-refractivity contribution in [3.8, 4) is 0 Å². The van der Waals surface area contributed by atoms with Crippen molar-refractivity contribution in [3.05, 3.63) is 70.8 Å². The summed E-state index contributed by atoms with van der Waals surface area (Å²) >= 11 is 0. The van der Waals surface area contributed by atoms with Crippen molar-refractivity contribution in [2.24, 2.45) is 10.9 Å². The monoisotopic (exact) mass is 409 g/mol. The second kappa shape index (κ2) is 6.77. The van der Waals surface area contributed by atoms with E-state index in [1.807, 2.05) is 12.1 Å². The van der Waals surface area contributed by atoms with Gasteiger partial charge in [0, 0.05) is 25.1 Å². The number of amidine groups is 1. The van der Waals surface area contributed by atoms with Gasteiger partial charge in [-0.25, -0.2) is 13.8 Å². The number of nitrogens with zero attached hydrogens (tertiary/aromatic N) is 3. The van der Waals surface area contributed by atoms with Crippen LogP contribution < -0.4 is 0 Å². The van der Waals surface area contributed by atoms with Crippen LogP contribution in [0.15, 0.2) is 47.5 Å². The number of fused-ring (bicyclic) bond motifs is 3. The molecule has 1 spiro atoms. The summed E-state index contributed by atoms with van der Waals surface area (Å²) in [5.74, 6) is -0.585. The van der Waals surface area contributed by atoms with Crippen LogP contribution in [0.25, 0.3) is 0 Å². The fourth-order valence-corrected chi connectivity index (χ4v) is 5.88. The number of piperidine rings is 3. The highest BCUT2D eigenvalue weighted by Gasteiger charge is 2.53. The molecule has 6 heteroatoms. The number of hydrogen-bond donors (Lipinski definition) is 0. The minimum absolute atomic E-state index is 0.236. The molecule has 2 aromatic carbocycles. The molecule has 0 radical (unpaired) electrons. The van der Waals surface area contributed by atoms with Gasteiger partial charge in [-0.05, 0) is 61.2 Å². The second-order valence-electron chi connectivity index (χ2n) is 9.06. The average Bonchev–Trinajstić information content (AvgIpc) is 3.16. The average molecular weight is 409 g/mol. The van der Waals surface area contributed by atoms with Crippen LogP contribution in [0.3, 0.4) is 0 Å². The largest absolute Gasteiger partial charge is 0.455 e. The summed E-state index contributed by atoms with van der Waals surface area (Å²) in [6.45, 7) is 4.60. The molecule has 7 rings (SSSR count). The van der Waals surface area contributed by atoms with Gasteiger partial charge in [0.05, 0.1) is 12.6 Å². The highest BCUT2D eigenvalue weighted by atomic mass is 19.1. The molecule has 0 aliphatic carbocycles. The number of hydrogen-bond acceptors (Lipinski definition) is 4. The lowest BCUT2D eigenvalue weighted by atomic mass is 9.75. The zero-order valence-corrected chi connectivity index (χ0v) is 16.9. The number of rotatable bonds is 1. The molecule has 5 aliphatic heterocycles. The third-order valence-corrected chi connectivity index (χ3v) is 7.33. The van der Waals surface area contributed by atoms with Gasteiger partial charge in [0.2, 0.25) is 0 Å². The van der Waals surface area contributed by atoms with Crippen LogP contribution in [-0.4, -0.2) is 54.1 Å². The van der Waals surface area contributed by atoms with E-state index in [-0.39, 0.29) is 11.6 Å². The molecule has 30 heavy (non-hydrogen) atoms. The van der Waals surface area contributed by atoms with Gasteiger partial charge < -0.3 is 9.64 Å². The molecule has 0 aromatic heterocycles. The molecule has 0 unspecified atom stereocenters. The maximum absolute atomic E-state index is 14.1. The fraction of sp³-hybridized carbons (Fsp3) is 0.458. The molecular weight excluding hydrogens is 384 g/mol. The Morgan fingerprint density at radius 2 is 1.77 bits per heavy atom. The van der Waals surface area contributed by atoms with E-state index in [1.54, 1.807) is 0 Å². The van der Waals surface area contributed by atoms with Crippen LogP contribution in [0, 0.1) is 17.6 Å². The first-order chi connectivity index (χ1) is 14.6. The summed E-state index contributed by atoms with van der Waals surface area (Å²) in [6, 6.07) is 12.3. The van der Waals surface area contributed by atoms with Gasteiger partial charge in [-0.2, -0.15) is 0 Å². The predicted octanol–water partition coefficient (Wildman–Crippen LogP) is 3.76. The standard InChI is InChI=1S/C24H25F2N3O/c25-19-11-17(12-20(26)13-19)22-21-4-2-1-3-16(21)5-10-29(22)23-27-14-24(30-23)15-28-8-6-18(24)7-9-28/h1-4,11-13,18,22H,5-10,14-15H2/t22-,24+/m0/s1. The van der Waals surface area contributed by atoms with Gasteiger partial charge in [-0.1, -0.05) is 24.3 Å². The summed E-state index contributed by atoms with van der Waals surface area (Å²) in [4.78, 5) is 9.44. The first-order valence-corrected chi connectivity index (χ1v) is 10.9. The zero-order chi connectivity index (χ0) is 20.3. The van der Waals surface area contributed by atoms with Gasteiger partial charge >= 0.3 is 0 Å². The summed E-state index contributed by atoms with van der Waals surface area (Å²) in [7, 11) is 0. The molecule has 5 heterocycles. The molecule has 2 aromatic rings. The van der Waals surface area contributed by atoms with Crippen LogP contribution in [0.5, 0.6) is 0 Å². The van der Waals surface area contributed by atoms with E-state index >= 15 is 0 Å². The molecule has 3 saturated heterocycles. The van der Waals surface area contributed by atoms with E-state index < -0.39 is 11.6 Å². The van der Waals surface area contributed by atoms with Crippen LogP contribution >= 0.6 is 0 Å². The highest BCUT2D eigenvalue weighted by Crippen LogP contribution is 2.43. The van der Waals surface area contributed by atoms with Gasteiger partial charge in [-0.15, -0.1) is 0 Å². The Balaban J connectivity index is 1.38. The van der Waals surface area contributed by atoms with E-state index in [9.17, 15) is 8.78 Å². The molecule has 0 saturated carbocycles. The Kier molecular flexibility index (Phi) is 4.13. The van der Waals surface area contributed by atoms with Crippen molar-refractivity contribution < 1.29 is 13.5 Å². The minimum atomic E-state index is -0.559. The van der Waals surface area contributed by atoms with Crippen molar-refractivity contribution >= 4 is 6.02 Å². The minimum Gasteiger partial charge on any atom is -0.455 e. The quantitative estimate of drug-likeness (QED) is 0.718. The Hall–Kier alpha value is -2.47. The zero-order valence-electron chi connectivity index (χ0n) is 16.9. The van der Waals surface area contributed by atoms with Crippen molar-refractivity contribution in [2.75, 3.05) is 32.7 Å². The molecular formula is C24H25F2N3O. The summed E-state index contributed by atoms with van der Waals surface area (Å²) in [6.07, 6.45) is 3.17. The van der Waals surface area contributed by atoms with Gasteiger partial charge in [0.25, 0.3) is 6.02 Å². The SMILES string of the molecule is Fc1cc(F)cc([C@H]2c3ccccc3CCN2C2=NC[C@]3(CN4CCC3CC4)O2)c1. The third-order valence-electron chi connectivity index (χ3n) is 7.33. The van der Waals surface area contributed by atoms with Gasteiger partial charge in [0.1, 0.15) is 17.2 Å². The highest BCUT2D eigenvalue weighted by molar-refractivity contribution is 5.78. The lowest BCUT2D eigenvalue weighted by Crippen LogP contribution is -2.61. The number of ether oxygens (including phenoxy) is 1. The first kappa shape index (κ1) is 18.3. The van der Waals surface area contributed by atoms with E-state index in [0.29, 0.717) is 30.6 Å². The Bertz CT molecular complexity index is 997. The molecule has 156 valence electrons. The van der Waals surface area contributed by atoms with Crippen LogP contribution in [-0.2, 0) is 11.2 Å². The van der Waals surface area contributed by atoms with E-state index in [0.717, 1.165) is 50.5 Å². The molecule has 2 bridgehead atoms. The van der Waals surface area contributed by atoms with Crippen LogP contribution in [0.4, 0.5) is 8.78 Å². The molecule has 0 amide bonds. The Morgan fingerprint density at radius 3 is 2.50 bits per heavy atom. The van der Waals surface area contributed by atoms with Crippen molar-refractivity contribution in [3.63, 3.8) is 0 Å². The second-order valence-corrected chi connectivity index (χ2v) is 9.06. The normalized spacial score (nSPS) is 32.1. The molecule has 0 N–H and O–H groups in total. The van der Waals surface area contributed by atoms with Gasteiger partial charge in [-0.3, -0.25) is 4.90 Å². The predicted molar refractivity (Wildman–Crippen MR) is 110 cm³/mol. The van der Waals surface area contributed by atoms with E-state index in [2.05, 4.69) is 21.9 Å². The smallest absolute Gasteiger partial charge is 0.288 e. The number of aliphatic imine (C=N–C) groups is 1. The lowest BCUT2D eigenvalue weighted by molar-refractivity contribution is -0.0895.